The van der Waals surface area contributed by atoms with Crippen LogP contribution >= 0.6 is 0 Å². The van der Waals surface area contributed by atoms with E-state index in [4.69, 9.17) is 4.74 Å². The van der Waals surface area contributed by atoms with E-state index in [1.54, 1.807) is 13.3 Å². The molecule has 0 radical (unpaired) electrons. The summed E-state index contributed by atoms with van der Waals surface area (Å²) in [7, 11) is 1.63. The molecule has 3 rings (SSSR count). The summed E-state index contributed by atoms with van der Waals surface area (Å²) in [6, 6.07) is 14.4. The summed E-state index contributed by atoms with van der Waals surface area (Å²) in [4.78, 5) is 14.0. The summed E-state index contributed by atoms with van der Waals surface area (Å²) in [5, 5.41) is 14.7. The van der Waals surface area contributed by atoms with Gasteiger partial charge in [0.2, 0.25) is 0 Å². The van der Waals surface area contributed by atoms with Gasteiger partial charge in [-0.2, -0.15) is 5.10 Å². The maximum absolute atomic E-state index is 10.6. The Labute approximate surface area is 143 Å². The minimum Gasteiger partial charge on any atom is -0.497 e. The van der Waals surface area contributed by atoms with Crippen LogP contribution in [0.2, 0.25) is 0 Å². The third-order valence-electron chi connectivity index (χ3n) is 3.47. The largest absolute Gasteiger partial charge is 0.497 e. The van der Waals surface area contributed by atoms with Crippen LogP contribution in [0.4, 0.5) is 11.5 Å². The lowest BCUT2D eigenvalue weighted by atomic mass is 10.3. The maximum atomic E-state index is 10.6. The monoisotopic (exact) mass is 337 g/mol. The van der Waals surface area contributed by atoms with Crippen LogP contribution in [-0.4, -0.2) is 27.8 Å². The molecule has 25 heavy (non-hydrogen) atoms. The van der Waals surface area contributed by atoms with Crippen molar-refractivity contribution in [3.8, 4) is 11.4 Å². The fraction of sp³-hybridized carbons (Fsp3) is 0.0588. The number of nitro groups is 1. The lowest BCUT2D eigenvalue weighted by molar-refractivity contribution is -0.385. The number of benzene rings is 1. The average molecular weight is 337 g/mol. The van der Waals surface area contributed by atoms with Gasteiger partial charge in [0.1, 0.15) is 17.8 Å². The number of nitrogens with zero attached hydrogens (tertiary/aromatic N) is 4. The molecule has 1 N–H and O–H groups in total. The molecule has 0 unspecified atom stereocenters. The molecule has 0 saturated heterocycles. The van der Waals surface area contributed by atoms with Crippen molar-refractivity contribution in [3.63, 3.8) is 0 Å². The Morgan fingerprint density at radius 3 is 2.68 bits per heavy atom. The standard InChI is InChI=1S/C17H15N5O3/c1-25-16-7-4-13(5-8-16)21-10-2-3-14(21)12-19-20-17-9-6-15(11-18-17)22(23)24/h2-12H,1H3,(H,18,20)/b19-12+. The molecule has 2 heterocycles. The number of rotatable bonds is 6. The third kappa shape index (κ3) is 3.81. The van der Waals surface area contributed by atoms with Gasteiger partial charge in [-0.1, -0.05) is 0 Å². The molecule has 8 nitrogen and oxygen atoms in total. The highest BCUT2D eigenvalue weighted by Gasteiger charge is 2.05. The van der Waals surface area contributed by atoms with Crippen LogP contribution in [0.25, 0.3) is 5.69 Å². The normalized spacial score (nSPS) is 10.8. The summed E-state index contributed by atoms with van der Waals surface area (Å²) in [5.41, 5.74) is 4.52. The minimum absolute atomic E-state index is 0.0667. The van der Waals surface area contributed by atoms with Gasteiger partial charge in [-0.25, -0.2) is 4.98 Å². The Hall–Kier alpha value is -3.68. The number of methoxy groups -OCH3 is 1. The predicted octanol–water partition coefficient (Wildman–Crippen LogP) is 3.24. The van der Waals surface area contributed by atoms with Gasteiger partial charge in [0.15, 0.2) is 0 Å². The first-order valence-corrected chi connectivity index (χ1v) is 7.38. The van der Waals surface area contributed by atoms with Crippen molar-refractivity contribution in [1.82, 2.24) is 9.55 Å². The van der Waals surface area contributed by atoms with Crippen molar-refractivity contribution in [2.24, 2.45) is 5.10 Å². The van der Waals surface area contributed by atoms with Crippen LogP contribution in [-0.2, 0) is 0 Å². The van der Waals surface area contributed by atoms with Crippen molar-refractivity contribution >= 4 is 17.7 Å². The van der Waals surface area contributed by atoms with Gasteiger partial charge in [-0.3, -0.25) is 15.5 Å². The zero-order chi connectivity index (χ0) is 17.6. The number of anilines is 1. The predicted molar refractivity (Wildman–Crippen MR) is 94.4 cm³/mol. The van der Waals surface area contributed by atoms with Crippen molar-refractivity contribution in [2.45, 2.75) is 0 Å². The van der Waals surface area contributed by atoms with Crippen LogP contribution in [0, 0.1) is 10.1 Å². The molecule has 1 aromatic carbocycles. The molecular weight excluding hydrogens is 322 g/mol. The lowest BCUT2D eigenvalue weighted by Crippen LogP contribution is -2.00. The van der Waals surface area contributed by atoms with Crippen LogP contribution in [0.1, 0.15) is 5.69 Å². The van der Waals surface area contributed by atoms with Crippen molar-refractivity contribution < 1.29 is 9.66 Å². The van der Waals surface area contributed by atoms with Crippen LogP contribution in [0.15, 0.2) is 66.0 Å². The molecule has 0 saturated carbocycles. The molecule has 0 fully saturated rings. The van der Waals surface area contributed by atoms with Crippen molar-refractivity contribution in [1.29, 1.82) is 0 Å². The van der Waals surface area contributed by atoms with Gasteiger partial charge >= 0.3 is 0 Å². The highest BCUT2D eigenvalue weighted by Crippen LogP contribution is 2.17. The highest BCUT2D eigenvalue weighted by atomic mass is 16.6. The summed E-state index contributed by atoms with van der Waals surface area (Å²) in [6.45, 7) is 0. The molecule has 8 heteroatoms. The number of hydrogen-bond donors (Lipinski definition) is 1. The van der Waals surface area contributed by atoms with E-state index in [1.165, 1.54) is 18.3 Å². The first-order chi connectivity index (χ1) is 12.2. The van der Waals surface area contributed by atoms with E-state index in [0.717, 1.165) is 17.1 Å². The number of hydrogen-bond acceptors (Lipinski definition) is 6. The zero-order valence-corrected chi connectivity index (χ0v) is 13.4. The summed E-state index contributed by atoms with van der Waals surface area (Å²) < 4.78 is 7.13. The van der Waals surface area contributed by atoms with Crippen LogP contribution in [0.3, 0.4) is 0 Å². The van der Waals surface area contributed by atoms with Crippen LogP contribution in [0.5, 0.6) is 5.75 Å². The number of pyridine rings is 1. The molecule has 3 aromatic rings. The van der Waals surface area contributed by atoms with E-state index in [9.17, 15) is 10.1 Å². The number of hydrazone groups is 1. The number of nitrogens with one attached hydrogen (secondary N) is 1. The molecule has 0 aliphatic rings. The summed E-state index contributed by atoms with van der Waals surface area (Å²) in [5.74, 6) is 1.21. The Kier molecular flexibility index (Phi) is 4.70. The average Bonchev–Trinajstić information content (AvgIpc) is 3.11. The Bertz CT molecular complexity index is 885. The molecule has 2 aromatic heterocycles. The maximum Gasteiger partial charge on any atom is 0.287 e. The van der Waals surface area contributed by atoms with Gasteiger partial charge in [0.25, 0.3) is 5.69 Å². The fourth-order valence-corrected chi connectivity index (χ4v) is 2.20. The van der Waals surface area contributed by atoms with E-state index in [2.05, 4.69) is 15.5 Å². The molecule has 0 atom stereocenters. The second-order valence-corrected chi connectivity index (χ2v) is 5.03. The number of aromatic nitrogens is 2. The van der Waals surface area contributed by atoms with Gasteiger partial charge in [-0.05, 0) is 42.5 Å². The van der Waals surface area contributed by atoms with E-state index in [-0.39, 0.29) is 5.69 Å². The van der Waals surface area contributed by atoms with E-state index < -0.39 is 4.92 Å². The fourth-order valence-electron chi connectivity index (χ4n) is 2.20. The van der Waals surface area contributed by atoms with E-state index in [0.29, 0.717) is 5.82 Å². The van der Waals surface area contributed by atoms with Crippen molar-refractivity contribution in [3.05, 3.63) is 76.7 Å². The second-order valence-electron chi connectivity index (χ2n) is 5.03. The molecule has 0 aliphatic carbocycles. The van der Waals surface area contributed by atoms with Gasteiger partial charge in [-0.15, -0.1) is 0 Å². The topological polar surface area (TPSA) is 94.6 Å². The second kappa shape index (κ2) is 7.26. The molecule has 0 amide bonds. The van der Waals surface area contributed by atoms with Gasteiger partial charge in [0.05, 0.1) is 23.9 Å². The molecule has 0 spiro atoms. The van der Waals surface area contributed by atoms with Gasteiger partial charge < -0.3 is 9.30 Å². The quantitative estimate of drug-likeness (QED) is 0.423. The Morgan fingerprint density at radius 2 is 2.04 bits per heavy atom. The SMILES string of the molecule is COc1ccc(-n2cccc2/C=N/Nc2ccc([N+](=O)[O-])cn2)cc1. The van der Waals surface area contributed by atoms with E-state index in [1.807, 2.05) is 47.2 Å². The van der Waals surface area contributed by atoms with E-state index >= 15 is 0 Å². The minimum atomic E-state index is -0.498. The third-order valence-corrected chi connectivity index (χ3v) is 3.47. The number of ether oxygens (including phenoxy) is 1. The smallest absolute Gasteiger partial charge is 0.287 e. The first-order valence-electron chi connectivity index (χ1n) is 7.38. The molecule has 0 bridgehead atoms. The Balaban J connectivity index is 1.71. The summed E-state index contributed by atoms with van der Waals surface area (Å²) >= 11 is 0. The Morgan fingerprint density at radius 1 is 1.24 bits per heavy atom. The van der Waals surface area contributed by atoms with Crippen LogP contribution < -0.4 is 10.2 Å². The highest BCUT2D eigenvalue weighted by molar-refractivity contribution is 5.79. The first kappa shape index (κ1) is 16.2. The molecule has 126 valence electrons. The zero-order valence-electron chi connectivity index (χ0n) is 13.4. The molecule has 0 aliphatic heterocycles. The van der Waals surface area contributed by atoms with Crippen molar-refractivity contribution in [2.75, 3.05) is 12.5 Å². The molecular formula is C17H15N5O3. The lowest BCUT2D eigenvalue weighted by Gasteiger charge is -2.07. The summed E-state index contributed by atoms with van der Waals surface area (Å²) in [6.07, 6.45) is 4.75. The van der Waals surface area contributed by atoms with Gasteiger partial charge in [0, 0.05) is 18.0 Å².